The van der Waals surface area contributed by atoms with E-state index in [1.54, 1.807) is 19.9 Å². The second-order valence-corrected chi connectivity index (χ2v) is 5.70. The van der Waals surface area contributed by atoms with Crippen LogP contribution in [0.15, 0.2) is 23.3 Å². The Bertz CT molecular complexity index is 645. The summed E-state index contributed by atoms with van der Waals surface area (Å²) in [4.78, 5) is 12.3. The third-order valence-corrected chi connectivity index (χ3v) is 4.15. The van der Waals surface area contributed by atoms with E-state index in [0.717, 1.165) is 10.4 Å². The van der Waals surface area contributed by atoms with Gasteiger partial charge in [-0.05, 0) is 26.0 Å². The fraction of sp³-hybridized carbons (Fsp3) is 0.167. The van der Waals surface area contributed by atoms with Crippen LogP contribution in [0.5, 0.6) is 0 Å². The number of fused-ring (bicyclic) bond motifs is 1. The maximum Gasteiger partial charge on any atom is 0.283 e. The van der Waals surface area contributed by atoms with Crippen molar-refractivity contribution < 1.29 is 4.79 Å². The van der Waals surface area contributed by atoms with Gasteiger partial charge in [0, 0.05) is 15.8 Å². The predicted octanol–water partition coefficient (Wildman–Crippen LogP) is 4.33. The highest BCUT2D eigenvalue weighted by Crippen LogP contribution is 2.39. The minimum absolute atomic E-state index is 0.321. The van der Waals surface area contributed by atoms with Gasteiger partial charge in [-0.25, -0.2) is 5.43 Å². The van der Waals surface area contributed by atoms with E-state index in [1.165, 1.54) is 11.3 Å². The van der Waals surface area contributed by atoms with Crippen LogP contribution in [0.4, 0.5) is 0 Å². The van der Waals surface area contributed by atoms with Crippen molar-refractivity contribution in [2.45, 2.75) is 13.8 Å². The molecule has 0 spiro atoms. The number of hydrogen-bond donors (Lipinski definition) is 1. The molecule has 1 aromatic carbocycles. The predicted molar refractivity (Wildman–Crippen MR) is 78.1 cm³/mol. The summed E-state index contributed by atoms with van der Waals surface area (Å²) >= 11 is 13.6. The molecule has 2 rings (SSSR count). The van der Waals surface area contributed by atoms with E-state index in [2.05, 4.69) is 10.5 Å². The lowest BCUT2D eigenvalue weighted by molar-refractivity contribution is 0.0959. The second kappa shape index (κ2) is 5.26. The monoisotopic (exact) mass is 300 g/mol. The Morgan fingerprint density at radius 3 is 2.67 bits per heavy atom. The van der Waals surface area contributed by atoms with Crippen molar-refractivity contribution in [3.63, 3.8) is 0 Å². The quantitative estimate of drug-likeness (QED) is 0.651. The molecule has 0 saturated heterocycles. The van der Waals surface area contributed by atoms with Crippen LogP contribution in [0.3, 0.4) is 0 Å². The summed E-state index contributed by atoms with van der Waals surface area (Å²) in [5.41, 5.74) is 3.21. The number of rotatable bonds is 2. The number of hydrazone groups is 1. The molecule has 1 N–H and O–H groups in total. The SMILES string of the molecule is CC(C)=NNC(=O)c1sc2cccc(Cl)c2c1Cl. The van der Waals surface area contributed by atoms with Crippen LogP contribution in [-0.2, 0) is 0 Å². The van der Waals surface area contributed by atoms with E-state index >= 15 is 0 Å². The number of carbonyl (C=O) groups excluding carboxylic acids is 1. The molecule has 0 aliphatic carbocycles. The first-order valence-corrected chi connectivity index (χ1v) is 6.75. The first-order chi connectivity index (χ1) is 8.50. The van der Waals surface area contributed by atoms with Crippen LogP contribution < -0.4 is 5.43 Å². The van der Waals surface area contributed by atoms with Gasteiger partial charge in [-0.15, -0.1) is 11.3 Å². The second-order valence-electron chi connectivity index (χ2n) is 3.86. The van der Waals surface area contributed by atoms with Crippen LogP contribution in [-0.4, -0.2) is 11.6 Å². The molecule has 94 valence electrons. The van der Waals surface area contributed by atoms with Gasteiger partial charge < -0.3 is 0 Å². The molecule has 0 aliphatic heterocycles. The third kappa shape index (κ3) is 2.51. The van der Waals surface area contributed by atoms with Gasteiger partial charge in [0.15, 0.2) is 0 Å². The number of nitrogens with one attached hydrogen (secondary N) is 1. The summed E-state index contributed by atoms with van der Waals surface area (Å²) in [6, 6.07) is 5.45. The Labute approximate surface area is 118 Å². The molecule has 3 nitrogen and oxygen atoms in total. The topological polar surface area (TPSA) is 41.5 Å². The molecule has 1 heterocycles. The minimum Gasteiger partial charge on any atom is -0.266 e. The van der Waals surface area contributed by atoms with Gasteiger partial charge >= 0.3 is 0 Å². The van der Waals surface area contributed by atoms with Crippen molar-refractivity contribution in [2.24, 2.45) is 5.10 Å². The van der Waals surface area contributed by atoms with Crippen molar-refractivity contribution in [2.75, 3.05) is 0 Å². The Kier molecular flexibility index (Phi) is 3.90. The van der Waals surface area contributed by atoms with Gasteiger partial charge in [-0.1, -0.05) is 29.3 Å². The zero-order valence-electron chi connectivity index (χ0n) is 9.75. The van der Waals surface area contributed by atoms with E-state index in [1.807, 2.05) is 12.1 Å². The number of thiophene rings is 1. The molecule has 18 heavy (non-hydrogen) atoms. The van der Waals surface area contributed by atoms with E-state index in [-0.39, 0.29) is 5.91 Å². The number of benzene rings is 1. The minimum atomic E-state index is -0.321. The summed E-state index contributed by atoms with van der Waals surface area (Å²) in [7, 11) is 0. The van der Waals surface area contributed by atoms with Gasteiger partial charge in [-0.2, -0.15) is 5.10 Å². The lowest BCUT2D eigenvalue weighted by atomic mass is 10.2. The van der Waals surface area contributed by atoms with E-state index in [4.69, 9.17) is 23.2 Å². The molecule has 0 atom stereocenters. The van der Waals surface area contributed by atoms with Crippen LogP contribution in [0.1, 0.15) is 23.5 Å². The van der Waals surface area contributed by atoms with Crippen molar-refractivity contribution in [3.8, 4) is 0 Å². The molecule has 1 aromatic heterocycles. The third-order valence-electron chi connectivity index (χ3n) is 2.19. The van der Waals surface area contributed by atoms with Crippen molar-refractivity contribution in [1.82, 2.24) is 5.43 Å². The van der Waals surface area contributed by atoms with Crippen LogP contribution in [0, 0.1) is 0 Å². The summed E-state index contributed by atoms with van der Waals surface area (Å²) < 4.78 is 0.884. The summed E-state index contributed by atoms with van der Waals surface area (Å²) in [5.74, 6) is -0.321. The Morgan fingerprint density at radius 2 is 2.06 bits per heavy atom. The fourth-order valence-corrected chi connectivity index (χ4v) is 3.28. The molecule has 0 bridgehead atoms. The molecular formula is C12H10Cl2N2OS. The summed E-state index contributed by atoms with van der Waals surface area (Å²) in [5, 5.41) is 5.50. The fourth-order valence-electron chi connectivity index (χ4n) is 1.43. The van der Waals surface area contributed by atoms with Gasteiger partial charge in [0.2, 0.25) is 0 Å². The molecule has 0 unspecified atom stereocenters. The van der Waals surface area contributed by atoms with E-state index < -0.39 is 0 Å². The largest absolute Gasteiger partial charge is 0.283 e. The molecule has 0 fully saturated rings. The van der Waals surface area contributed by atoms with Crippen LogP contribution >= 0.6 is 34.5 Å². The lowest BCUT2D eigenvalue weighted by Gasteiger charge is -1.98. The Hall–Kier alpha value is -1.10. The lowest BCUT2D eigenvalue weighted by Crippen LogP contribution is -2.17. The zero-order chi connectivity index (χ0) is 13.3. The Morgan fingerprint density at radius 1 is 1.33 bits per heavy atom. The Balaban J connectivity index is 2.46. The van der Waals surface area contributed by atoms with Gasteiger partial charge in [0.25, 0.3) is 5.91 Å². The average Bonchev–Trinajstić information content (AvgIpc) is 2.65. The first kappa shape index (κ1) is 13.3. The molecule has 0 radical (unpaired) electrons. The molecule has 6 heteroatoms. The smallest absolute Gasteiger partial charge is 0.266 e. The summed E-state index contributed by atoms with van der Waals surface area (Å²) in [6.07, 6.45) is 0. The van der Waals surface area contributed by atoms with Crippen LogP contribution in [0.2, 0.25) is 10.0 Å². The van der Waals surface area contributed by atoms with Crippen LogP contribution in [0.25, 0.3) is 10.1 Å². The standard InChI is InChI=1S/C12H10Cl2N2OS/c1-6(2)15-16-12(17)11-10(14)9-7(13)4-3-5-8(9)18-11/h3-5H,1-2H3,(H,16,17). The molecule has 0 aliphatic rings. The average molecular weight is 301 g/mol. The number of carbonyl (C=O) groups is 1. The number of hydrogen-bond acceptors (Lipinski definition) is 3. The van der Waals surface area contributed by atoms with Crippen molar-refractivity contribution in [3.05, 3.63) is 33.1 Å². The maximum atomic E-state index is 11.9. The number of nitrogens with zero attached hydrogens (tertiary/aromatic N) is 1. The van der Waals surface area contributed by atoms with E-state index in [0.29, 0.717) is 20.3 Å². The summed E-state index contributed by atoms with van der Waals surface area (Å²) in [6.45, 7) is 3.59. The van der Waals surface area contributed by atoms with Gasteiger partial charge in [0.1, 0.15) is 4.88 Å². The highest BCUT2D eigenvalue weighted by molar-refractivity contribution is 7.21. The molecular weight excluding hydrogens is 291 g/mol. The maximum absolute atomic E-state index is 11.9. The van der Waals surface area contributed by atoms with Crippen molar-refractivity contribution >= 4 is 56.2 Å². The normalized spacial score (nSPS) is 10.4. The molecule has 1 amide bonds. The zero-order valence-corrected chi connectivity index (χ0v) is 12.1. The number of halogens is 2. The molecule has 2 aromatic rings. The van der Waals surface area contributed by atoms with Crippen molar-refractivity contribution in [1.29, 1.82) is 0 Å². The number of amides is 1. The highest BCUT2D eigenvalue weighted by atomic mass is 35.5. The highest BCUT2D eigenvalue weighted by Gasteiger charge is 2.18. The first-order valence-electron chi connectivity index (χ1n) is 5.18. The van der Waals surface area contributed by atoms with Gasteiger partial charge in [0.05, 0.1) is 10.0 Å². The van der Waals surface area contributed by atoms with Gasteiger partial charge in [-0.3, -0.25) is 4.79 Å². The molecule has 0 saturated carbocycles. The van der Waals surface area contributed by atoms with E-state index in [9.17, 15) is 4.79 Å².